The first-order chi connectivity index (χ1) is 13.0. The molecule has 9 heteroatoms. The Balaban J connectivity index is 1.65. The minimum Gasteiger partial charge on any atom is -0.325 e. The van der Waals surface area contributed by atoms with Crippen LogP contribution < -0.4 is 10.9 Å². The molecule has 0 unspecified atom stereocenters. The molecule has 3 heterocycles. The maximum absolute atomic E-state index is 12.2. The molecule has 0 bridgehead atoms. The van der Waals surface area contributed by atoms with E-state index in [1.807, 2.05) is 6.07 Å². The van der Waals surface area contributed by atoms with E-state index >= 15 is 0 Å². The summed E-state index contributed by atoms with van der Waals surface area (Å²) in [6, 6.07) is 5.33. The quantitative estimate of drug-likeness (QED) is 0.705. The molecule has 0 aromatic carbocycles. The van der Waals surface area contributed by atoms with Crippen LogP contribution in [0.25, 0.3) is 5.82 Å². The fourth-order valence-electron chi connectivity index (χ4n) is 2.79. The fraction of sp³-hybridized carbons (Fsp3) is 0.222. The smallest absolute Gasteiger partial charge is 0.266 e. The molecule has 3 aromatic heterocycles. The number of pyridine rings is 2. The van der Waals surface area contributed by atoms with Crippen LogP contribution in [0.15, 0.2) is 35.5 Å². The molecule has 0 aliphatic heterocycles. The van der Waals surface area contributed by atoms with Crippen LogP contribution in [0.1, 0.15) is 28.8 Å². The SMILES string of the molecule is Cc1[nH]c(=O)c(C#N)c(C)c1CCC(=O)Nc1ccc(-n2nccn2)nc1. The van der Waals surface area contributed by atoms with Gasteiger partial charge in [-0.15, -0.1) is 4.80 Å². The zero-order valence-corrected chi connectivity index (χ0v) is 14.9. The third-order valence-electron chi connectivity index (χ3n) is 4.18. The van der Waals surface area contributed by atoms with Gasteiger partial charge in [0.1, 0.15) is 11.6 Å². The first kappa shape index (κ1) is 18.0. The summed E-state index contributed by atoms with van der Waals surface area (Å²) in [5.41, 5.74) is 2.33. The van der Waals surface area contributed by atoms with E-state index in [4.69, 9.17) is 5.26 Å². The fourth-order valence-corrected chi connectivity index (χ4v) is 2.79. The van der Waals surface area contributed by atoms with Crippen LogP contribution in [0, 0.1) is 25.2 Å². The third kappa shape index (κ3) is 3.90. The predicted octanol–water partition coefficient (Wildman–Crippen LogP) is 1.41. The molecule has 27 heavy (non-hydrogen) atoms. The number of carbonyl (C=O) groups is 1. The Hall–Kier alpha value is -3.80. The predicted molar refractivity (Wildman–Crippen MR) is 97.4 cm³/mol. The molecule has 0 fully saturated rings. The van der Waals surface area contributed by atoms with Gasteiger partial charge in [0.25, 0.3) is 5.56 Å². The number of rotatable bonds is 5. The van der Waals surface area contributed by atoms with E-state index in [0.717, 1.165) is 5.56 Å². The van der Waals surface area contributed by atoms with Crippen molar-refractivity contribution in [3.8, 4) is 11.9 Å². The molecular weight excluding hydrogens is 346 g/mol. The first-order valence-electron chi connectivity index (χ1n) is 8.24. The first-order valence-corrected chi connectivity index (χ1v) is 8.24. The van der Waals surface area contributed by atoms with Crippen molar-refractivity contribution in [2.75, 3.05) is 5.32 Å². The molecule has 3 rings (SSSR count). The van der Waals surface area contributed by atoms with Crippen molar-refractivity contribution in [3.63, 3.8) is 0 Å². The minimum atomic E-state index is -0.404. The van der Waals surface area contributed by atoms with Crippen LogP contribution in [0.4, 0.5) is 5.69 Å². The molecule has 3 aromatic rings. The Kier molecular flexibility index (Phi) is 5.08. The molecule has 0 saturated carbocycles. The number of nitrogens with zero attached hydrogens (tertiary/aromatic N) is 5. The van der Waals surface area contributed by atoms with Crippen LogP contribution in [0.5, 0.6) is 0 Å². The van der Waals surface area contributed by atoms with Gasteiger partial charge < -0.3 is 10.3 Å². The molecule has 0 spiro atoms. The lowest BCUT2D eigenvalue weighted by Gasteiger charge is -2.11. The number of hydrogen-bond donors (Lipinski definition) is 2. The monoisotopic (exact) mass is 363 g/mol. The molecule has 0 radical (unpaired) electrons. The average Bonchev–Trinajstić information content (AvgIpc) is 3.17. The molecule has 1 amide bonds. The normalized spacial score (nSPS) is 10.4. The summed E-state index contributed by atoms with van der Waals surface area (Å²) in [6.07, 6.45) is 5.26. The second-order valence-corrected chi connectivity index (χ2v) is 5.94. The molecule has 9 nitrogen and oxygen atoms in total. The van der Waals surface area contributed by atoms with E-state index in [9.17, 15) is 9.59 Å². The second-order valence-electron chi connectivity index (χ2n) is 5.94. The van der Waals surface area contributed by atoms with Crippen molar-refractivity contribution in [2.24, 2.45) is 0 Å². The summed E-state index contributed by atoms with van der Waals surface area (Å²) < 4.78 is 0. The summed E-state index contributed by atoms with van der Waals surface area (Å²) in [5, 5.41) is 19.9. The molecule has 0 saturated heterocycles. The van der Waals surface area contributed by atoms with Crippen LogP contribution in [0.3, 0.4) is 0 Å². The number of H-pyrrole nitrogens is 1. The van der Waals surface area contributed by atoms with Crippen molar-refractivity contribution >= 4 is 11.6 Å². The Morgan fingerprint density at radius 1 is 1.30 bits per heavy atom. The van der Waals surface area contributed by atoms with E-state index in [1.165, 1.54) is 11.0 Å². The molecule has 2 N–H and O–H groups in total. The number of carbonyl (C=O) groups excluding carboxylic acids is 1. The molecular formula is C18H17N7O2. The zero-order chi connectivity index (χ0) is 19.4. The van der Waals surface area contributed by atoms with Gasteiger partial charge in [0.2, 0.25) is 5.91 Å². The van der Waals surface area contributed by atoms with Gasteiger partial charge in [-0.2, -0.15) is 15.5 Å². The Bertz CT molecular complexity index is 1060. The van der Waals surface area contributed by atoms with Crippen molar-refractivity contribution in [1.82, 2.24) is 25.0 Å². The standard InChI is InChI=1S/C18H17N7O2/c1-11-14(12(2)23-18(27)15(11)9-19)4-6-17(26)24-13-3-5-16(20-10-13)25-21-7-8-22-25/h3,5,7-8,10H,4,6H2,1-2H3,(H,23,27)(H,24,26). The van der Waals surface area contributed by atoms with E-state index in [-0.39, 0.29) is 17.9 Å². The van der Waals surface area contributed by atoms with E-state index in [1.54, 1.807) is 38.4 Å². The van der Waals surface area contributed by atoms with Crippen LogP contribution in [-0.2, 0) is 11.2 Å². The zero-order valence-electron chi connectivity index (χ0n) is 14.9. The summed E-state index contributed by atoms with van der Waals surface area (Å²) in [6.45, 7) is 3.48. The Labute approximate surface area is 154 Å². The van der Waals surface area contributed by atoms with E-state index in [0.29, 0.717) is 29.2 Å². The summed E-state index contributed by atoms with van der Waals surface area (Å²) in [5.74, 6) is 0.354. The third-order valence-corrected chi connectivity index (χ3v) is 4.18. The van der Waals surface area contributed by atoms with E-state index in [2.05, 4.69) is 25.5 Å². The van der Waals surface area contributed by atoms with Crippen LogP contribution in [-0.4, -0.2) is 30.9 Å². The molecule has 0 atom stereocenters. The lowest BCUT2D eigenvalue weighted by Crippen LogP contribution is -2.18. The van der Waals surface area contributed by atoms with E-state index < -0.39 is 5.56 Å². The minimum absolute atomic E-state index is 0.0861. The Morgan fingerprint density at radius 3 is 2.67 bits per heavy atom. The summed E-state index contributed by atoms with van der Waals surface area (Å²) >= 11 is 0. The maximum atomic E-state index is 12.2. The van der Waals surface area contributed by atoms with Crippen molar-refractivity contribution in [2.45, 2.75) is 26.7 Å². The van der Waals surface area contributed by atoms with Gasteiger partial charge in [-0.3, -0.25) is 9.59 Å². The topological polar surface area (TPSA) is 129 Å². The number of aromatic amines is 1. The Morgan fingerprint density at radius 2 is 2.04 bits per heavy atom. The number of aromatic nitrogens is 5. The lowest BCUT2D eigenvalue weighted by atomic mass is 9.99. The van der Waals surface area contributed by atoms with Gasteiger partial charge in [-0.05, 0) is 43.5 Å². The van der Waals surface area contributed by atoms with Crippen molar-refractivity contribution in [1.29, 1.82) is 5.26 Å². The summed E-state index contributed by atoms with van der Waals surface area (Å²) in [4.78, 5) is 32.2. The van der Waals surface area contributed by atoms with Gasteiger partial charge in [-0.1, -0.05) is 0 Å². The van der Waals surface area contributed by atoms with Gasteiger partial charge in [0.15, 0.2) is 5.82 Å². The number of hydrogen-bond acceptors (Lipinski definition) is 6. The highest BCUT2D eigenvalue weighted by molar-refractivity contribution is 5.90. The number of aryl methyl sites for hydroxylation is 1. The second kappa shape index (κ2) is 7.61. The number of anilines is 1. The highest BCUT2D eigenvalue weighted by atomic mass is 16.1. The number of nitrogens with one attached hydrogen (secondary N) is 2. The van der Waals surface area contributed by atoms with Crippen LogP contribution in [0.2, 0.25) is 0 Å². The van der Waals surface area contributed by atoms with Gasteiger partial charge in [0, 0.05) is 12.1 Å². The molecule has 136 valence electrons. The van der Waals surface area contributed by atoms with Gasteiger partial charge >= 0.3 is 0 Å². The number of nitriles is 1. The highest BCUT2D eigenvalue weighted by Gasteiger charge is 2.13. The highest BCUT2D eigenvalue weighted by Crippen LogP contribution is 2.16. The summed E-state index contributed by atoms with van der Waals surface area (Å²) in [7, 11) is 0. The largest absolute Gasteiger partial charge is 0.325 e. The van der Waals surface area contributed by atoms with Gasteiger partial charge in [0.05, 0.1) is 24.3 Å². The molecule has 0 aliphatic rings. The number of amides is 1. The van der Waals surface area contributed by atoms with Gasteiger partial charge in [-0.25, -0.2) is 4.98 Å². The maximum Gasteiger partial charge on any atom is 0.266 e. The molecule has 0 aliphatic carbocycles. The van der Waals surface area contributed by atoms with Crippen molar-refractivity contribution < 1.29 is 4.79 Å². The lowest BCUT2D eigenvalue weighted by molar-refractivity contribution is -0.116. The van der Waals surface area contributed by atoms with Crippen molar-refractivity contribution in [3.05, 3.63) is 63.5 Å². The average molecular weight is 363 g/mol. The van der Waals surface area contributed by atoms with Crippen LogP contribution >= 0.6 is 0 Å².